The Balaban J connectivity index is 1.58. The third-order valence-electron chi connectivity index (χ3n) is 5.68. The average molecular weight is 431 g/mol. The second-order valence-electron chi connectivity index (χ2n) is 8.35. The molecule has 1 N–H and O–H groups in total. The molecule has 3 aromatic rings. The number of oxazole rings is 1. The maximum atomic E-state index is 12.9. The number of ether oxygens (including phenoxy) is 1. The Bertz CT molecular complexity index is 1240. The number of carbonyl (C=O) groups excluding carboxylic acids is 1. The summed E-state index contributed by atoms with van der Waals surface area (Å²) in [5, 5.41) is -4.80. The third-order valence-corrected chi connectivity index (χ3v) is 5.68. The van der Waals surface area contributed by atoms with Gasteiger partial charge in [0.25, 0.3) is 0 Å². The molecule has 1 saturated heterocycles. The van der Waals surface area contributed by atoms with Crippen LogP contribution in [0.15, 0.2) is 41.1 Å². The molecule has 0 saturated carbocycles. The highest BCUT2D eigenvalue weighted by Gasteiger charge is 2.57. The summed E-state index contributed by atoms with van der Waals surface area (Å²) in [6, 6.07) is 7.29. The molecular formula is C19H12B8N4O3. The highest BCUT2D eigenvalue weighted by atomic mass is 16.5. The van der Waals surface area contributed by atoms with E-state index in [1.54, 1.807) is 25.4 Å². The second kappa shape index (κ2) is 8.16. The Morgan fingerprint density at radius 2 is 1.59 bits per heavy atom. The summed E-state index contributed by atoms with van der Waals surface area (Å²) < 4.78 is 10.7. The Hall–Kier alpha value is -2.25. The van der Waals surface area contributed by atoms with Gasteiger partial charge in [-0.05, 0) is 39.0 Å². The van der Waals surface area contributed by atoms with Gasteiger partial charge in [-0.1, -0.05) is 12.1 Å². The van der Waals surface area contributed by atoms with E-state index in [2.05, 4.69) is 15.3 Å². The van der Waals surface area contributed by atoms with Gasteiger partial charge >= 0.3 is 0 Å². The van der Waals surface area contributed by atoms with Crippen LogP contribution in [0.5, 0.6) is 0 Å². The fourth-order valence-electron chi connectivity index (χ4n) is 3.62. The number of hydrogen-bond acceptors (Lipinski definition) is 6. The van der Waals surface area contributed by atoms with Crippen molar-refractivity contribution < 1.29 is 13.9 Å². The number of aromatic nitrogens is 2. The number of nitrogens with zero attached hydrogens (tertiary/aromatic N) is 3. The van der Waals surface area contributed by atoms with E-state index in [-0.39, 0.29) is 5.82 Å². The monoisotopic (exact) mass is 432 g/mol. The standard InChI is InChI=1S/C19H12B8N4O3/c1-9-28-7-13(33-9)10-2-3-11-6-29-14(5-12(11)4-10)30-15(32)8-31-16(20,21)18(24,25)34-19(26,27)17(31,22)23/h2-7H,8H2,1H3,(H,29,30,32). The van der Waals surface area contributed by atoms with E-state index in [0.29, 0.717) is 11.7 Å². The fourth-order valence-corrected chi connectivity index (χ4v) is 3.62. The molecule has 0 aliphatic carbocycles. The van der Waals surface area contributed by atoms with Crippen LogP contribution in [0, 0.1) is 6.92 Å². The van der Waals surface area contributed by atoms with E-state index in [1.165, 1.54) is 0 Å². The van der Waals surface area contributed by atoms with E-state index in [1.807, 2.05) is 18.2 Å². The lowest BCUT2D eigenvalue weighted by Crippen LogP contribution is -2.86. The maximum Gasteiger partial charge on any atom is 0.239 e. The number of amides is 1. The molecule has 7 nitrogen and oxygen atoms in total. The van der Waals surface area contributed by atoms with E-state index in [0.717, 1.165) is 21.2 Å². The van der Waals surface area contributed by atoms with Crippen LogP contribution >= 0.6 is 0 Å². The van der Waals surface area contributed by atoms with Crippen molar-refractivity contribution in [3.8, 4) is 11.3 Å². The Morgan fingerprint density at radius 1 is 0.941 bits per heavy atom. The second-order valence-corrected chi connectivity index (χ2v) is 8.35. The first-order chi connectivity index (χ1) is 15.6. The molecule has 4 rings (SSSR count). The minimum atomic E-state index is -2.30. The van der Waals surface area contributed by atoms with Crippen LogP contribution in [0.25, 0.3) is 22.1 Å². The minimum Gasteiger partial charge on any atom is -0.441 e. The zero-order valence-electron chi connectivity index (χ0n) is 18.4. The maximum absolute atomic E-state index is 12.9. The van der Waals surface area contributed by atoms with Gasteiger partial charge in [0.05, 0.1) is 75.5 Å². The molecule has 34 heavy (non-hydrogen) atoms. The Morgan fingerprint density at radius 3 is 2.18 bits per heavy atom. The van der Waals surface area contributed by atoms with Crippen molar-refractivity contribution in [3.63, 3.8) is 0 Å². The molecule has 3 heterocycles. The van der Waals surface area contributed by atoms with Crippen LogP contribution in [-0.2, 0) is 9.53 Å². The normalized spacial score (nSPS) is 20.6. The summed E-state index contributed by atoms with van der Waals surface area (Å²) in [7, 11) is 47.5. The van der Waals surface area contributed by atoms with Crippen LogP contribution in [0.2, 0.25) is 0 Å². The first-order valence-electron chi connectivity index (χ1n) is 10.1. The molecule has 1 aromatic carbocycles. The van der Waals surface area contributed by atoms with Gasteiger partial charge in [-0.15, -0.1) is 0 Å². The predicted octanol–water partition coefficient (Wildman–Crippen LogP) is -1.57. The molecule has 0 bridgehead atoms. The fraction of sp³-hybridized carbons (Fsp3) is 0.316. The summed E-state index contributed by atoms with van der Waals surface area (Å²) in [5.74, 6) is 0.737. The van der Waals surface area contributed by atoms with Crippen molar-refractivity contribution >= 4 is 85.3 Å². The van der Waals surface area contributed by atoms with Crippen molar-refractivity contribution in [2.75, 3.05) is 11.9 Å². The van der Waals surface area contributed by atoms with Crippen LogP contribution < -0.4 is 5.32 Å². The molecule has 2 aromatic heterocycles. The number of morpholine rings is 1. The molecule has 1 fully saturated rings. The molecule has 0 atom stereocenters. The van der Waals surface area contributed by atoms with Gasteiger partial charge in [0.1, 0.15) is 5.82 Å². The van der Waals surface area contributed by atoms with Gasteiger partial charge in [0, 0.05) is 24.1 Å². The quantitative estimate of drug-likeness (QED) is 0.504. The number of carbonyl (C=O) groups is 1. The topological polar surface area (TPSA) is 80.5 Å². The van der Waals surface area contributed by atoms with Crippen molar-refractivity contribution in [2.24, 2.45) is 0 Å². The molecule has 0 unspecified atom stereocenters. The van der Waals surface area contributed by atoms with Crippen LogP contribution in [0.4, 0.5) is 5.82 Å². The molecular weight excluding hydrogens is 419 g/mol. The summed E-state index contributed by atoms with van der Waals surface area (Å²) in [6.07, 6.45) is 3.22. The number of hydrogen-bond donors (Lipinski definition) is 1. The summed E-state index contributed by atoms with van der Waals surface area (Å²) in [4.78, 5) is 22.1. The van der Waals surface area contributed by atoms with Crippen molar-refractivity contribution in [3.05, 3.63) is 42.5 Å². The lowest BCUT2D eigenvalue weighted by atomic mass is 9.30. The predicted molar refractivity (Wildman–Crippen MR) is 135 cm³/mol. The third kappa shape index (κ3) is 4.17. The van der Waals surface area contributed by atoms with E-state index in [4.69, 9.17) is 71.9 Å². The highest BCUT2D eigenvalue weighted by Crippen LogP contribution is 2.39. The van der Waals surface area contributed by atoms with Crippen molar-refractivity contribution in [2.45, 2.75) is 28.4 Å². The average Bonchev–Trinajstić information content (AvgIpc) is 3.16. The van der Waals surface area contributed by atoms with Crippen LogP contribution in [0.3, 0.4) is 0 Å². The largest absolute Gasteiger partial charge is 0.441 e. The Labute approximate surface area is 208 Å². The number of pyridine rings is 1. The van der Waals surface area contributed by atoms with E-state index >= 15 is 0 Å². The molecule has 150 valence electrons. The van der Waals surface area contributed by atoms with Gasteiger partial charge < -0.3 is 19.4 Å². The molecule has 0 spiro atoms. The first-order valence-corrected chi connectivity index (χ1v) is 10.1. The van der Waals surface area contributed by atoms with Gasteiger partial charge in [0.15, 0.2) is 11.7 Å². The number of anilines is 1. The van der Waals surface area contributed by atoms with Gasteiger partial charge in [0.2, 0.25) is 5.91 Å². The van der Waals surface area contributed by atoms with Crippen molar-refractivity contribution in [1.29, 1.82) is 0 Å². The molecule has 1 aliphatic heterocycles. The summed E-state index contributed by atoms with van der Waals surface area (Å²) in [6.45, 7) is 1.16. The molecule has 1 aliphatic rings. The molecule has 1 amide bonds. The van der Waals surface area contributed by atoms with Gasteiger partial charge in [-0.3, -0.25) is 4.79 Å². The Kier molecular flexibility index (Phi) is 5.97. The molecule has 15 heteroatoms. The lowest BCUT2D eigenvalue weighted by molar-refractivity contribution is -0.131. The number of benzene rings is 1. The van der Waals surface area contributed by atoms with Crippen LogP contribution in [-0.4, -0.2) is 112 Å². The number of rotatable bonds is 4. The number of aryl methyl sites for hydroxylation is 1. The number of nitrogens with one attached hydrogen (secondary N) is 1. The van der Waals surface area contributed by atoms with Crippen LogP contribution in [0.1, 0.15) is 5.89 Å². The smallest absolute Gasteiger partial charge is 0.239 e. The summed E-state index contributed by atoms with van der Waals surface area (Å²) >= 11 is 0. The summed E-state index contributed by atoms with van der Waals surface area (Å²) in [5.41, 5.74) is 0.807. The first kappa shape index (κ1) is 24.9. The minimum absolute atomic E-state index is 0.231. The zero-order valence-corrected chi connectivity index (χ0v) is 18.4. The highest BCUT2D eigenvalue weighted by molar-refractivity contribution is 6.59. The lowest BCUT2D eigenvalue weighted by Gasteiger charge is -2.70. The zero-order chi connectivity index (χ0) is 25.1. The molecule has 16 radical (unpaired) electrons. The number of fused-ring (bicyclic) bond motifs is 1. The van der Waals surface area contributed by atoms with E-state index in [9.17, 15) is 4.79 Å². The van der Waals surface area contributed by atoms with E-state index < -0.39 is 33.9 Å². The van der Waals surface area contributed by atoms with Gasteiger partial charge in [-0.2, -0.15) is 0 Å². The van der Waals surface area contributed by atoms with Gasteiger partial charge in [-0.25, -0.2) is 9.97 Å². The van der Waals surface area contributed by atoms with Crippen molar-refractivity contribution in [1.82, 2.24) is 14.9 Å². The SMILES string of the molecule is [B]C1([B])OC([B])([B])C([B])([B])N(CC(=O)Nc2cc3cc(-c4cnc(C)o4)ccc3cn2)C1([B])[B].